The van der Waals surface area contributed by atoms with E-state index >= 15 is 0 Å². The monoisotopic (exact) mass is 316 g/mol. The Kier molecular flexibility index (Phi) is 4.12. The van der Waals surface area contributed by atoms with E-state index in [2.05, 4.69) is 32.8 Å². The van der Waals surface area contributed by atoms with Crippen molar-refractivity contribution in [2.75, 3.05) is 33.2 Å². The summed E-state index contributed by atoms with van der Waals surface area (Å²) in [4.78, 5) is 4.93. The maximum absolute atomic E-state index is 13.8. The first-order chi connectivity index (χ1) is 8.08. The van der Waals surface area contributed by atoms with Gasteiger partial charge in [-0.3, -0.25) is 0 Å². The molecule has 0 bridgehead atoms. The minimum atomic E-state index is -0.261. The number of hydrogen-bond acceptors (Lipinski definition) is 2. The highest BCUT2D eigenvalue weighted by atomic mass is 79.9. The summed E-state index contributed by atoms with van der Waals surface area (Å²) < 4.78 is 14.5. The van der Waals surface area contributed by atoms with Crippen LogP contribution in [-0.4, -0.2) is 48.0 Å². The van der Waals surface area contributed by atoms with Crippen LogP contribution in [0.2, 0.25) is 0 Å². The molecule has 92 valence electrons. The molecule has 1 aliphatic rings. The van der Waals surface area contributed by atoms with Crippen molar-refractivity contribution >= 4 is 33.1 Å². The number of benzene rings is 1. The lowest BCUT2D eigenvalue weighted by Crippen LogP contribution is -2.47. The van der Waals surface area contributed by atoms with Crippen LogP contribution in [0.1, 0.15) is 5.56 Å². The quantitative estimate of drug-likeness (QED) is 0.735. The molecule has 1 saturated heterocycles. The SMILES string of the molecule is CN1CCN(C(=S)c2ccc(Br)cc2F)CC1. The maximum atomic E-state index is 13.8. The number of rotatable bonds is 1. The Hall–Kier alpha value is -0.520. The van der Waals surface area contributed by atoms with E-state index in [1.54, 1.807) is 6.07 Å². The predicted molar refractivity (Wildman–Crippen MR) is 74.9 cm³/mol. The molecular weight excluding hydrogens is 303 g/mol. The van der Waals surface area contributed by atoms with Crippen LogP contribution in [-0.2, 0) is 0 Å². The van der Waals surface area contributed by atoms with E-state index in [9.17, 15) is 4.39 Å². The first-order valence-corrected chi connectivity index (χ1v) is 6.71. The van der Waals surface area contributed by atoms with E-state index in [0.717, 1.165) is 30.7 Å². The van der Waals surface area contributed by atoms with Crippen molar-refractivity contribution in [2.24, 2.45) is 0 Å². The normalized spacial score (nSPS) is 17.2. The first kappa shape index (κ1) is 12.9. The van der Waals surface area contributed by atoms with Gasteiger partial charge in [0.1, 0.15) is 10.8 Å². The summed E-state index contributed by atoms with van der Waals surface area (Å²) in [6, 6.07) is 5.01. The van der Waals surface area contributed by atoms with Crippen LogP contribution in [0, 0.1) is 5.82 Å². The first-order valence-electron chi connectivity index (χ1n) is 5.51. The maximum Gasteiger partial charge on any atom is 0.134 e. The van der Waals surface area contributed by atoms with Crippen molar-refractivity contribution in [1.29, 1.82) is 0 Å². The Bertz CT molecular complexity index is 431. The molecule has 2 rings (SSSR count). The molecule has 1 fully saturated rings. The van der Waals surface area contributed by atoms with Gasteiger partial charge in [0.05, 0.1) is 0 Å². The van der Waals surface area contributed by atoms with E-state index in [1.165, 1.54) is 6.07 Å². The van der Waals surface area contributed by atoms with Crippen molar-refractivity contribution in [3.8, 4) is 0 Å². The number of likely N-dealkylation sites (N-methyl/N-ethyl adjacent to an activating group) is 1. The van der Waals surface area contributed by atoms with Gasteiger partial charge in [0.2, 0.25) is 0 Å². The molecule has 0 amide bonds. The van der Waals surface area contributed by atoms with Crippen molar-refractivity contribution in [3.63, 3.8) is 0 Å². The van der Waals surface area contributed by atoms with Gasteiger partial charge >= 0.3 is 0 Å². The van der Waals surface area contributed by atoms with E-state index < -0.39 is 0 Å². The topological polar surface area (TPSA) is 6.48 Å². The van der Waals surface area contributed by atoms with Gasteiger partial charge < -0.3 is 9.80 Å². The summed E-state index contributed by atoms with van der Waals surface area (Å²) in [6.45, 7) is 3.67. The van der Waals surface area contributed by atoms with Gasteiger partial charge in [-0.15, -0.1) is 0 Å². The highest BCUT2D eigenvalue weighted by molar-refractivity contribution is 9.10. The van der Waals surface area contributed by atoms with Crippen LogP contribution in [0.25, 0.3) is 0 Å². The molecule has 0 aromatic heterocycles. The summed E-state index contributed by atoms with van der Waals surface area (Å²) in [6.07, 6.45) is 0. The molecular formula is C12H14BrFN2S. The molecule has 1 aliphatic heterocycles. The van der Waals surface area contributed by atoms with Crippen LogP contribution in [0.4, 0.5) is 4.39 Å². The van der Waals surface area contributed by atoms with Gasteiger partial charge in [-0.25, -0.2) is 4.39 Å². The van der Waals surface area contributed by atoms with Crippen LogP contribution >= 0.6 is 28.1 Å². The molecule has 5 heteroatoms. The number of halogens is 2. The zero-order valence-electron chi connectivity index (χ0n) is 9.62. The number of piperazine rings is 1. The molecule has 0 saturated carbocycles. The van der Waals surface area contributed by atoms with Crippen molar-refractivity contribution < 1.29 is 4.39 Å². The fraction of sp³-hybridized carbons (Fsp3) is 0.417. The second-order valence-electron chi connectivity index (χ2n) is 4.22. The Balaban J connectivity index is 2.14. The summed E-state index contributed by atoms with van der Waals surface area (Å²) in [5.74, 6) is -0.261. The van der Waals surface area contributed by atoms with Gasteiger partial charge in [0, 0.05) is 36.2 Å². The molecule has 1 heterocycles. The third-order valence-corrected chi connectivity index (χ3v) is 3.92. The molecule has 0 N–H and O–H groups in total. The van der Waals surface area contributed by atoms with Crippen molar-refractivity contribution in [3.05, 3.63) is 34.1 Å². The van der Waals surface area contributed by atoms with Gasteiger partial charge in [-0.1, -0.05) is 28.1 Å². The number of hydrogen-bond donors (Lipinski definition) is 0. The largest absolute Gasteiger partial charge is 0.360 e. The van der Waals surface area contributed by atoms with Gasteiger partial charge in [-0.2, -0.15) is 0 Å². The average molecular weight is 317 g/mol. The Labute approximate surface area is 115 Å². The lowest BCUT2D eigenvalue weighted by atomic mass is 10.2. The standard InChI is InChI=1S/C12H14BrFN2S/c1-15-4-6-16(7-5-15)12(17)10-3-2-9(13)8-11(10)14/h2-3,8H,4-7H2,1H3. The Morgan fingerprint density at radius 3 is 2.53 bits per heavy atom. The second-order valence-corrected chi connectivity index (χ2v) is 5.52. The van der Waals surface area contributed by atoms with E-state index in [1.807, 2.05) is 6.07 Å². The van der Waals surface area contributed by atoms with Crippen LogP contribution in [0.5, 0.6) is 0 Å². The molecule has 1 aromatic carbocycles. The second kappa shape index (κ2) is 5.42. The molecule has 0 atom stereocenters. The fourth-order valence-corrected chi connectivity index (χ4v) is 2.52. The van der Waals surface area contributed by atoms with Crippen LogP contribution < -0.4 is 0 Å². The van der Waals surface area contributed by atoms with Crippen molar-refractivity contribution in [1.82, 2.24) is 9.80 Å². The fourth-order valence-electron chi connectivity index (χ4n) is 1.84. The molecule has 0 spiro atoms. The summed E-state index contributed by atoms with van der Waals surface area (Å²) in [5, 5.41) is 0. The zero-order valence-corrected chi connectivity index (χ0v) is 12.0. The van der Waals surface area contributed by atoms with E-state index in [0.29, 0.717) is 10.6 Å². The third-order valence-electron chi connectivity index (χ3n) is 2.95. The highest BCUT2D eigenvalue weighted by Gasteiger charge is 2.19. The predicted octanol–water partition coefficient (Wildman–Crippen LogP) is 2.51. The van der Waals surface area contributed by atoms with Crippen LogP contribution in [0.3, 0.4) is 0 Å². The van der Waals surface area contributed by atoms with Crippen LogP contribution in [0.15, 0.2) is 22.7 Å². The highest BCUT2D eigenvalue weighted by Crippen LogP contribution is 2.18. The lowest BCUT2D eigenvalue weighted by molar-refractivity contribution is 0.217. The number of nitrogens with zero attached hydrogens (tertiary/aromatic N) is 2. The van der Waals surface area contributed by atoms with E-state index in [4.69, 9.17) is 12.2 Å². The summed E-state index contributed by atoms with van der Waals surface area (Å²) in [5.41, 5.74) is 0.521. The Morgan fingerprint density at radius 2 is 1.94 bits per heavy atom. The minimum absolute atomic E-state index is 0.261. The summed E-state index contributed by atoms with van der Waals surface area (Å²) in [7, 11) is 2.08. The van der Waals surface area contributed by atoms with Gasteiger partial charge in [-0.05, 0) is 25.2 Å². The molecule has 0 unspecified atom stereocenters. The minimum Gasteiger partial charge on any atom is -0.360 e. The molecule has 0 aliphatic carbocycles. The summed E-state index contributed by atoms with van der Waals surface area (Å²) >= 11 is 8.61. The molecule has 1 aromatic rings. The van der Waals surface area contributed by atoms with Gasteiger partial charge in [0.25, 0.3) is 0 Å². The Morgan fingerprint density at radius 1 is 1.29 bits per heavy atom. The smallest absolute Gasteiger partial charge is 0.134 e. The van der Waals surface area contributed by atoms with E-state index in [-0.39, 0.29) is 5.82 Å². The average Bonchev–Trinajstić information content (AvgIpc) is 2.29. The van der Waals surface area contributed by atoms with Gasteiger partial charge in [0.15, 0.2) is 0 Å². The number of thiocarbonyl (C=S) groups is 1. The lowest BCUT2D eigenvalue weighted by Gasteiger charge is -2.34. The molecule has 0 radical (unpaired) electrons. The molecule has 2 nitrogen and oxygen atoms in total. The zero-order chi connectivity index (χ0) is 12.4. The van der Waals surface area contributed by atoms with Crippen molar-refractivity contribution in [2.45, 2.75) is 0 Å². The third kappa shape index (κ3) is 3.03. The molecule has 17 heavy (non-hydrogen) atoms.